The molecule has 0 amide bonds. The highest BCUT2D eigenvalue weighted by atomic mass is 35.5. The van der Waals surface area contributed by atoms with Gasteiger partial charge in [0.15, 0.2) is 4.77 Å². The number of para-hydroxylation sites is 1. The molecule has 0 aliphatic rings. The predicted molar refractivity (Wildman–Crippen MR) is 89.4 cm³/mol. The van der Waals surface area contributed by atoms with Crippen molar-refractivity contribution in [1.29, 1.82) is 0 Å². The summed E-state index contributed by atoms with van der Waals surface area (Å²) in [6.07, 6.45) is 0. The Morgan fingerprint density at radius 3 is 2.81 bits per heavy atom. The number of rotatable bonds is 3. The highest BCUT2D eigenvalue weighted by molar-refractivity contribution is 7.71. The Morgan fingerprint density at radius 2 is 2.10 bits per heavy atom. The fraction of sp³-hybridized carbons (Fsp3) is 0.188. The Kier molecular flexibility index (Phi) is 3.74. The minimum atomic E-state index is 0.612. The van der Waals surface area contributed by atoms with E-state index >= 15 is 0 Å². The van der Waals surface area contributed by atoms with E-state index in [0.717, 1.165) is 33.1 Å². The zero-order valence-corrected chi connectivity index (χ0v) is 13.4. The summed E-state index contributed by atoms with van der Waals surface area (Å²) in [7, 11) is 0. The largest absolute Gasteiger partial charge is 0.492 e. The van der Waals surface area contributed by atoms with Crippen LogP contribution in [-0.4, -0.2) is 16.2 Å². The van der Waals surface area contributed by atoms with E-state index in [1.807, 2.05) is 54.8 Å². The van der Waals surface area contributed by atoms with Gasteiger partial charge < -0.3 is 9.72 Å². The van der Waals surface area contributed by atoms with Gasteiger partial charge in [0.05, 0.1) is 12.1 Å². The number of aromatic amines is 1. The maximum atomic E-state index is 6.23. The van der Waals surface area contributed by atoms with Gasteiger partial charge in [-0.25, -0.2) is 0 Å². The molecule has 0 spiro atoms. The summed E-state index contributed by atoms with van der Waals surface area (Å²) in [5, 5.41) is 0.727. The summed E-state index contributed by atoms with van der Waals surface area (Å²) >= 11 is 11.7. The molecule has 1 aromatic heterocycles. The Bertz CT molecular complexity index is 866. The lowest BCUT2D eigenvalue weighted by molar-refractivity contribution is 0.343. The number of imidazole rings is 1. The summed E-state index contributed by atoms with van der Waals surface area (Å²) in [6.45, 7) is 4.55. The normalized spacial score (nSPS) is 11.0. The summed E-state index contributed by atoms with van der Waals surface area (Å²) < 4.78 is 8.24. The molecular weight excluding hydrogens is 304 g/mol. The molecule has 21 heavy (non-hydrogen) atoms. The number of benzene rings is 2. The molecule has 0 saturated heterocycles. The molecule has 0 bridgehead atoms. The quantitative estimate of drug-likeness (QED) is 0.685. The van der Waals surface area contributed by atoms with Crippen LogP contribution in [0.2, 0.25) is 5.02 Å². The molecule has 0 saturated carbocycles. The highest BCUT2D eigenvalue weighted by Gasteiger charge is 2.11. The number of halogens is 1. The van der Waals surface area contributed by atoms with Gasteiger partial charge >= 0.3 is 0 Å². The van der Waals surface area contributed by atoms with Crippen LogP contribution < -0.4 is 4.74 Å². The first kappa shape index (κ1) is 14.2. The monoisotopic (exact) mass is 318 g/mol. The summed E-state index contributed by atoms with van der Waals surface area (Å²) in [5.41, 5.74) is 3.86. The lowest BCUT2D eigenvalue weighted by atomic mass is 10.2. The standard InChI is InChI=1S/C16H15ClN2OS/c1-3-20-14-6-4-5-13-15(14)18-16(21)19(13)11-8-7-10(2)12(17)9-11/h4-9H,3H2,1-2H3,(H,18,21). The summed E-state index contributed by atoms with van der Waals surface area (Å²) in [5.74, 6) is 0.804. The first-order chi connectivity index (χ1) is 10.1. The SMILES string of the molecule is CCOc1cccc2c1[nH]c(=S)n2-c1ccc(C)c(Cl)c1. The van der Waals surface area contributed by atoms with Gasteiger partial charge in [-0.05, 0) is 55.9 Å². The van der Waals surface area contributed by atoms with Crippen LogP contribution in [0.5, 0.6) is 5.75 Å². The van der Waals surface area contributed by atoms with Gasteiger partial charge in [-0.1, -0.05) is 23.7 Å². The maximum absolute atomic E-state index is 6.23. The molecule has 3 rings (SSSR count). The Balaban J connectivity index is 2.27. The van der Waals surface area contributed by atoms with Crippen LogP contribution in [0.3, 0.4) is 0 Å². The number of aromatic nitrogens is 2. The van der Waals surface area contributed by atoms with Crippen molar-refractivity contribution in [1.82, 2.24) is 9.55 Å². The van der Waals surface area contributed by atoms with E-state index in [9.17, 15) is 0 Å². The van der Waals surface area contributed by atoms with Crippen molar-refractivity contribution in [3.8, 4) is 11.4 Å². The zero-order chi connectivity index (χ0) is 15.0. The first-order valence-electron chi connectivity index (χ1n) is 6.75. The number of H-pyrrole nitrogens is 1. The van der Waals surface area contributed by atoms with Crippen LogP contribution in [0, 0.1) is 11.7 Å². The molecule has 1 N–H and O–H groups in total. The van der Waals surface area contributed by atoms with Gasteiger partial charge in [0, 0.05) is 10.7 Å². The van der Waals surface area contributed by atoms with E-state index in [1.165, 1.54) is 0 Å². The third-order valence-electron chi connectivity index (χ3n) is 3.39. The predicted octanol–water partition coefficient (Wildman–Crippen LogP) is 5.05. The Hall–Kier alpha value is -1.78. The van der Waals surface area contributed by atoms with Crippen LogP contribution in [0.1, 0.15) is 12.5 Å². The Labute approximate surface area is 133 Å². The molecule has 3 nitrogen and oxygen atoms in total. The third kappa shape index (κ3) is 2.45. The van der Waals surface area contributed by atoms with E-state index in [0.29, 0.717) is 11.4 Å². The summed E-state index contributed by atoms with van der Waals surface area (Å²) in [4.78, 5) is 3.22. The average Bonchev–Trinajstić information content (AvgIpc) is 2.80. The number of nitrogens with zero attached hydrogens (tertiary/aromatic N) is 1. The highest BCUT2D eigenvalue weighted by Crippen LogP contribution is 2.28. The van der Waals surface area contributed by atoms with Crippen molar-refractivity contribution < 1.29 is 4.74 Å². The van der Waals surface area contributed by atoms with E-state index in [4.69, 9.17) is 28.6 Å². The number of nitrogens with one attached hydrogen (secondary N) is 1. The van der Waals surface area contributed by atoms with Crippen molar-refractivity contribution in [3.05, 3.63) is 51.8 Å². The van der Waals surface area contributed by atoms with Crippen LogP contribution in [0.25, 0.3) is 16.7 Å². The molecule has 108 valence electrons. The molecule has 2 aromatic carbocycles. The molecule has 5 heteroatoms. The Morgan fingerprint density at radius 1 is 1.29 bits per heavy atom. The number of ether oxygens (including phenoxy) is 1. The molecule has 0 atom stereocenters. The van der Waals surface area contributed by atoms with Crippen LogP contribution in [-0.2, 0) is 0 Å². The van der Waals surface area contributed by atoms with Crippen molar-refractivity contribution in [2.45, 2.75) is 13.8 Å². The molecule has 0 fully saturated rings. The topological polar surface area (TPSA) is 29.9 Å². The number of aryl methyl sites for hydroxylation is 1. The number of fused-ring (bicyclic) bond motifs is 1. The zero-order valence-electron chi connectivity index (χ0n) is 11.8. The molecule has 0 aliphatic carbocycles. The van der Waals surface area contributed by atoms with Crippen LogP contribution >= 0.6 is 23.8 Å². The van der Waals surface area contributed by atoms with Gasteiger partial charge in [-0.3, -0.25) is 4.57 Å². The lowest BCUT2D eigenvalue weighted by Gasteiger charge is -2.08. The molecule has 0 aliphatic heterocycles. The third-order valence-corrected chi connectivity index (χ3v) is 4.09. The second-order valence-electron chi connectivity index (χ2n) is 4.78. The molecular formula is C16H15ClN2OS. The second kappa shape index (κ2) is 5.54. The van der Waals surface area contributed by atoms with Crippen molar-refractivity contribution in [2.24, 2.45) is 0 Å². The average molecular weight is 319 g/mol. The van der Waals surface area contributed by atoms with Gasteiger partial charge in [-0.15, -0.1) is 0 Å². The number of hydrogen-bond acceptors (Lipinski definition) is 2. The van der Waals surface area contributed by atoms with Crippen molar-refractivity contribution >= 4 is 34.9 Å². The van der Waals surface area contributed by atoms with Gasteiger partial charge in [0.2, 0.25) is 0 Å². The van der Waals surface area contributed by atoms with Crippen molar-refractivity contribution in [3.63, 3.8) is 0 Å². The van der Waals surface area contributed by atoms with Crippen LogP contribution in [0.15, 0.2) is 36.4 Å². The fourth-order valence-corrected chi connectivity index (χ4v) is 2.84. The fourth-order valence-electron chi connectivity index (χ4n) is 2.36. The van der Waals surface area contributed by atoms with E-state index in [-0.39, 0.29) is 0 Å². The van der Waals surface area contributed by atoms with Gasteiger partial charge in [0.1, 0.15) is 11.3 Å². The van der Waals surface area contributed by atoms with Gasteiger partial charge in [-0.2, -0.15) is 0 Å². The second-order valence-corrected chi connectivity index (χ2v) is 5.58. The molecule has 0 radical (unpaired) electrons. The summed E-state index contributed by atoms with van der Waals surface area (Å²) in [6, 6.07) is 11.8. The van der Waals surface area contributed by atoms with E-state index < -0.39 is 0 Å². The smallest absolute Gasteiger partial charge is 0.182 e. The van der Waals surface area contributed by atoms with Crippen molar-refractivity contribution in [2.75, 3.05) is 6.61 Å². The lowest BCUT2D eigenvalue weighted by Crippen LogP contribution is -1.95. The van der Waals surface area contributed by atoms with E-state index in [1.54, 1.807) is 0 Å². The minimum absolute atomic E-state index is 0.612. The first-order valence-corrected chi connectivity index (χ1v) is 7.53. The van der Waals surface area contributed by atoms with Crippen LogP contribution in [0.4, 0.5) is 0 Å². The minimum Gasteiger partial charge on any atom is -0.492 e. The van der Waals surface area contributed by atoms with Gasteiger partial charge in [0.25, 0.3) is 0 Å². The molecule has 1 heterocycles. The van der Waals surface area contributed by atoms with E-state index in [2.05, 4.69) is 4.98 Å². The molecule has 0 unspecified atom stereocenters. The maximum Gasteiger partial charge on any atom is 0.182 e. The molecule has 3 aromatic rings. The number of hydrogen-bond donors (Lipinski definition) is 1.